The van der Waals surface area contributed by atoms with Gasteiger partial charge in [-0.25, -0.2) is 0 Å². The van der Waals surface area contributed by atoms with Crippen molar-refractivity contribution in [2.75, 3.05) is 27.2 Å². The summed E-state index contributed by atoms with van der Waals surface area (Å²) in [5.41, 5.74) is 1.26. The zero-order valence-corrected chi connectivity index (χ0v) is 14.5. The van der Waals surface area contributed by atoms with E-state index >= 15 is 0 Å². The molecule has 8 heteroatoms. The van der Waals surface area contributed by atoms with Crippen molar-refractivity contribution < 1.29 is 13.9 Å². The normalized spacial score (nSPS) is 21.6. The fourth-order valence-corrected chi connectivity index (χ4v) is 2.73. The SMILES string of the molecule is CNC(=O)c1cncc(/C=C/c2nnc([C@H]3CN(C)C[C@@H](C)O3)o2)c1. The summed E-state index contributed by atoms with van der Waals surface area (Å²) < 4.78 is 11.5. The molecule has 1 saturated heterocycles. The number of carbonyl (C=O) groups excluding carboxylic acids is 1. The molecular weight excluding hydrogens is 322 g/mol. The van der Waals surface area contributed by atoms with Crippen LogP contribution in [-0.4, -0.2) is 59.3 Å². The van der Waals surface area contributed by atoms with Gasteiger partial charge in [0.2, 0.25) is 11.8 Å². The summed E-state index contributed by atoms with van der Waals surface area (Å²) in [5.74, 6) is 0.663. The van der Waals surface area contributed by atoms with Gasteiger partial charge in [-0.3, -0.25) is 9.78 Å². The smallest absolute Gasteiger partial charge is 0.252 e. The highest BCUT2D eigenvalue weighted by molar-refractivity contribution is 5.94. The lowest BCUT2D eigenvalue weighted by Crippen LogP contribution is -2.40. The van der Waals surface area contributed by atoms with Crippen LogP contribution in [0.25, 0.3) is 12.2 Å². The van der Waals surface area contributed by atoms with Gasteiger partial charge in [0.1, 0.15) is 6.10 Å². The molecule has 0 spiro atoms. The molecule has 3 rings (SSSR count). The Bertz CT molecular complexity index is 763. The number of nitrogens with zero attached hydrogens (tertiary/aromatic N) is 4. The molecule has 1 N–H and O–H groups in total. The van der Waals surface area contributed by atoms with E-state index in [1.54, 1.807) is 31.5 Å². The number of hydrogen-bond acceptors (Lipinski definition) is 7. The number of amides is 1. The largest absolute Gasteiger partial charge is 0.418 e. The second-order valence-electron chi connectivity index (χ2n) is 6.05. The van der Waals surface area contributed by atoms with Crippen LogP contribution in [0.3, 0.4) is 0 Å². The molecule has 3 heterocycles. The topological polar surface area (TPSA) is 93.4 Å². The Morgan fingerprint density at radius 1 is 1.32 bits per heavy atom. The Labute approximate surface area is 145 Å². The van der Waals surface area contributed by atoms with Crippen molar-refractivity contribution in [1.82, 2.24) is 25.4 Å². The van der Waals surface area contributed by atoms with Crippen molar-refractivity contribution >= 4 is 18.1 Å². The molecule has 2 aromatic rings. The van der Waals surface area contributed by atoms with Crippen molar-refractivity contribution in [2.45, 2.75) is 19.1 Å². The lowest BCUT2D eigenvalue weighted by molar-refractivity contribution is -0.0823. The highest BCUT2D eigenvalue weighted by atomic mass is 16.5. The van der Waals surface area contributed by atoms with Crippen molar-refractivity contribution in [3.05, 3.63) is 41.4 Å². The minimum absolute atomic E-state index is 0.119. The van der Waals surface area contributed by atoms with Gasteiger partial charge in [-0.05, 0) is 31.7 Å². The Kier molecular flexibility index (Phi) is 5.20. The molecule has 0 aliphatic carbocycles. The third-order valence-electron chi connectivity index (χ3n) is 3.84. The molecular formula is C17H21N5O3. The molecule has 1 amide bonds. The summed E-state index contributed by atoms with van der Waals surface area (Å²) in [6, 6.07) is 1.74. The third kappa shape index (κ3) is 4.28. The van der Waals surface area contributed by atoms with Gasteiger partial charge in [0, 0.05) is 38.6 Å². The standard InChI is InChI=1S/C17H21N5O3/c1-11-9-22(3)10-14(24-11)17-21-20-15(25-17)5-4-12-6-13(8-19-7-12)16(23)18-2/h4-8,11,14H,9-10H2,1-3H3,(H,18,23)/b5-4+/t11-,14-/m1/s1. The number of pyridine rings is 1. The van der Waals surface area contributed by atoms with Crippen LogP contribution in [-0.2, 0) is 4.74 Å². The number of carbonyl (C=O) groups is 1. The average molecular weight is 343 g/mol. The predicted octanol–water partition coefficient (Wildman–Crippen LogP) is 1.39. The average Bonchev–Trinajstić information content (AvgIpc) is 3.08. The number of morpholine rings is 1. The maximum atomic E-state index is 11.6. The van der Waals surface area contributed by atoms with E-state index in [9.17, 15) is 4.79 Å². The molecule has 132 valence electrons. The maximum absolute atomic E-state index is 11.6. The first-order valence-electron chi connectivity index (χ1n) is 8.07. The molecule has 8 nitrogen and oxygen atoms in total. The molecule has 0 unspecified atom stereocenters. The van der Waals surface area contributed by atoms with Gasteiger partial charge in [-0.2, -0.15) is 0 Å². The van der Waals surface area contributed by atoms with Gasteiger partial charge in [0.15, 0.2) is 0 Å². The zero-order valence-electron chi connectivity index (χ0n) is 14.5. The van der Waals surface area contributed by atoms with Crippen LogP contribution in [0.4, 0.5) is 0 Å². The Morgan fingerprint density at radius 2 is 2.16 bits per heavy atom. The van der Waals surface area contributed by atoms with Gasteiger partial charge < -0.3 is 19.4 Å². The summed E-state index contributed by atoms with van der Waals surface area (Å²) in [7, 11) is 3.62. The van der Waals surface area contributed by atoms with Crippen molar-refractivity contribution in [2.24, 2.45) is 0 Å². The number of nitrogens with one attached hydrogen (secondary N) is 1. The summed E-state index contributed by atoms with van der Waals surface area (Å²) in [5, 5.41) is 10.7. The molecule has 1 fully saturated rings. The quantitative estimate of drug-likeness (QED) is 0.896. The van der Waals surface area contributed by atoms with Crippen LogP contribution in [0, 0.1) is 0 Å². The van der Waals surface area contributed by atoms with Crippen molar-refractivity contribution in [3.8, 4) is 0 Å². The minimum atomic E-state index is -0.221. The zero-order chi connectivity index (χ0) is 17.8. The lowest BCUT2D eigenvalue weighted by atomic mass is 10.2. The van der Waals surface area contributed by atoms with Crippen LogP contribution < -0.4 is 5.32 Å². The van der Waals surface area contributed by atoms with Crippen molar-refractivity contribution in [1.29, 1.82) is 0 Å². The van der Waals surface area contributed by atoms with E-state index in [2.05, 4.69) is 25.4 Å². The van der Waals surface area contributed by atoms with Crippen LogP contribution in [0.15, 0.2) is 22.9 Å². The molecule has 0 bridgehead atoms. The molecule has 0 radical (unpaired) electrons. The van der Waals surface area contributed by atoms with Gasteiger partial charge in [-0.1, -0.05) is 0 Å². The number of hydrogen-bond donors (Lipinski definition) is 1. The lowest BCUT2D eigenvalue weighted by Gasteiger charge is -2.32. The van der Waals surface area contributed by atoms with Crippen LogP contribution in [0.1, 0.15) is 40.7 Å². The van der Waals surface area contributed by atoms with Crippen molar-refractivity contribution in [3.63, 3.8) is 0 Å². The molecule has 2 aromatic heterocycles. The van der Waals surface area contributed by atoms with Crippen LogP contribution in [0.5, 0.6) is 0 Å². The van der Waals surface area contributed by atoms with Gasteiger partial charge in [0.05, 0.1) is 11.7 Å². The van der Waals surface area contributed by atoms with E-state index in [-0.39, 0.29) is 18.1 Å². The van der Waals surface area contributed by atoms with E-state index < -0.39 is 0 Å². The van der Waals surface area contributed by atoms with Gasteiger partial charge >= 0.3 is 0 Å². The highest BCUT2D eigenvalue weighted by Gasteiger charge is 2.28. The van der Waals surface area contributed by atoms with E-state index in [4.69, 9.17) is 9.15 Å². The molecule has 0 aromatic carbocycles. The summed E-state index contributed by atoms with van der Waals surface area (Å²) >= 11 is 0. The van der Waals surface area contributed by atoms with E-state index in [0.717, 1.165) is 12.1 Å². The summed E-state index contributed by atoms with van der Waals surface area (Å²) in [6.45, 7) is 3.62. The Balaban J connectivity index is 1.71. The minimum Gasteiger partial charge on any atom is -0.418 e. The molecule has 25 heavy (non-hydrogen) atoms. The molecule has 1 aliphatic rings. The monoisotopic (exact) mass is 343 g/mol. The second kappa shape index (κ2) is 7.54. The first-order chi connectivity index (χ1) is 12.0. The molecule has 2 atom stereocenters. The number of rotatable bonds is 4. The van der Waals surface area contributed by atoms with Gasteiger partial charge in [-0.15, -0.1) is 10.2 Å². The second-order valence-corrected chi connectivity index (χ2v) is 6.05. The van der Waals surface area contributed by atoms with Crippen LogP contribution >= 0.6 is 0 Å². The van der Waals surface area contributed by atoms with E-state index in [1.165, 1.54) is 6.20 Å². The van der Waals surface area contributed by atoms with Gasteiger partial charge in [0.25, 0.3) is 5.91 Å². The number of aromatic nitrogens is 3. The van der Waals surface area contributed by atoms with E-state index in [0.29, 0.717) is 23.9 Å². The summed E-state index contributed by atoms with van der Waals surface area (Å²) in [6.07, 6.45) is 6.53. The predicted molar refractivity (Wildman–Crippen MR) is 91.6 cm³/mol. The van der Waals surface area contributed by atoms with Crippen LogP contribution in [0.2, 0.25) is 0 Å². The third-order valence-corrected chi connectivity index (χ3v) is 3.84. The molecule has 1 aliphatic heterocycles. The first kappa shape index (κ1) is 17.2. The first-order valence-corrected chi connectivity index (χ1v) is 8.07. The Morgan fingerprint density at radius 3 is 2.92 bits per heavy atom. The molecule has 0 saturated carbocycles. The highest BCUT2D eigenvalue weighted by Crippen LogP contribution is 2.23. The summed E-state index contributed by atoms with van der Waals surface area (Å²) in [4.78, 5) is 17.9. The fraction of sp³-hybridized carbons (Fsp3) is 0.412. The number of ether oxygens (including phenoxy) is 1. The fourth-order valence-electron chi connectivity index (χ4n) is 2.73. The maximum Gasteiger partial charge on any atom is 0.252 e. The van der Waals surface area contributed by atoms with E-state index in [1.807, 2.05) is 14.0 Å². The Hall–Kier alpha value is -2.58. The number of likely N-dealkylation sites (N-methyl/N-ethyl adjacent to an activating group) is 1.